The van der Waals surface area contributed by atoms with Crippen molar-refractivity contribution < 1.29 is 4.74 Å². The minimum atomic E-state index is 0.881. The highest BCUT2D eigenvalue weighted by molar-refractivity contribution is 5.92. The van der Waals surface area contributed by atoms with E-state index >= 15 is 0 Å². The molecule has 2 heterocycles. The highest BCUT2D eigenvalue weighted by Gasteiger charge is 2.13. The van der Waals surface area contributed by atoms with Crippen molar-refractivity contribution in [3.05, 3.63) is 30.5 Å². The predicted octanol–water partition coefficient (Wildman–Crippen LogP) is 1.65. The molecule has 1 aliphatic rings. The minimum absolute atomic E-state index is 0.881. The number of hydrogen-bond acceptors (Lipinski definition) is 4. The molecular formula is C14H17N3O. The molecule has 1 saturated heterocycles. The van der Waals surface area contributed by atoms with Crippen molar-refractivity contribution in [2.75, 3.05) is 38.2 Å². The molecule has 18 heavy (non-hydrogen) atoms. The molecule has 0 amide bonds. The van der Waals surface area contributed by atoms with Crippen LogP contribution in [0.4, 0.5) is 5.69 Å². The Morgan fingerprint density at radius 3 is 2.83 bits per heavy atom. The first-order valence-electron chi connectivity index (χ1n) is 6.27. The number of nitrogens with one attached hydrogen (secondary N) is 1. The second kappa shape index (κ2) is 4.82. The highest BCUT2D eigenvalue weighted by Crippen LogP contribution is 2.28. The molecule has 0 atom stereocenters. The van der Waals surface area contributed by atoms with E-state index < -0.39 is 0 Å². The molecule has 3 rings (SSSR count). The first kappa shape index (κ1) is 11.3. The number of hydrogen-bond donors (Lipinski definition) is 1. The summed E-state index contributed by atoms with van der Waals surface area (Å²) in [6.45, 7) is 4.15. The van der Waals surface area contributed by atoms with Gasteiger partial charge in [0.15, 0.2) is 0 Å². The van der Waals surface area contributed by atoms with Crippen LogP contribution in [0.1, 0.15) is 0 Å². The fourth-order valence-electron chi connectivity index (χ4n) is 2.42. The monoisotopic (exact) mass is 243 g/mol. The average Bonchev–Trinajstić information content (AvgIpc) is 2.47. The number of aromatic nitrogens is 1. The largest absolute Gasteiger partial charge is 0.497 e. The molecule has 0 saturated carbocycles. The molecule has 1 aromatic heterocycles. The van der Waals surface area contributed by atoms with Gasteiger partial charge in [0, 0.05) is 43.4 Å². The number of ether oxygens (including phenoxy) is 1. The Balaban J connectivity index is 2.09. The zero-order valence-electron chi connectivity index (χ0n) is 10.5. The van der Waals surface area contributed by atoms with Gasteiger partial charge in [0.05, 0.1) is 12.6 Å². The van der Waals surface area contributed by atoms with Gasteiger partial charge in [-0.2, -0.15) is 0 Å². The van der Waals surface area contributed by atoms with Crippen molar-refractivity contribution in [2.45, 2.75) is 0 Å². The van der Waals surface area contributed by atoms with E-state index in [2.05, 4.69) is 27.3 Å². The maximum absolute atomic E-state index is 5.31. The van der Waals surface area contributed by atoms with Gasteiger partial charge in [-0.3, -0.25) is 4.98 Å². The van der Waals surface area contributed by atoms with Gasteiger partial charge in [-0.1, -0.05) is 0 Å². The standard InChI is InChI=1S/C14H17N3O/c1-18-11-2-3-13-12(10-11)14(4-5-16-13)17-8-6-15-7-9-17/h2-5,10,15H,6-9H2,1H3. The lowest BCUT2D eigenvalue weighted by molar-refractivity contribution is 0.415. The fraction of sp³-hybridized carbons (Fsp3) is 0.357. The average molecular weight is 243 g/mol. The van der Waals surface area contributed by atoms with E-state index in [1.165, 1.54) is 11.1 Å². The second-order valence-corrected chi connectivity index (χ2v) is 4.45. The Hall–Kier alpha value is -1.81. The highest BCUT2D eigenvalue weighted by atomic mass is 16.5. The third-order valence-electron chi connectivity index (χ3n) is 3.38. The number of nitrogens with zero attached hydrogens (tertiary/aromatic N) is 2. The molecular weight excluding hydrogens is 226 g/mol. The van der Waals surface area contributed by atoms with Gasteiger partial charge in [-0.15, -0.1) is 0 Å². The van der Waals surface area contributed by atoms with Crippen molar-refractivity contribution in [3.63, 3.8) is 0 Å². The number of pyridine rings is 1. The number of piperazine rings is 1. The number of rotatable bonds is 2. The van der Waals surface area contributed by atoms with Crippen LogP contribution in [0.15, 0.2) is 30.5 Å². The quantitative estimate of drug-likeness (QED) is 0.870. The molecule has 4 heteroatoms. The molecule has 1 N–H and O–H groups in total. The molecule has 1 aromatic carbocycles. The van der Waals surface area contributed by atoms with E-state index in [4.69, 9.17) is 4.74 Å². The molecule has 0 aliphatic carbocycles. The summed E-state index contributed by atoms with van der Waals surface area (Å²) in [7, 11) is 1.70. The predicted molar refractivity (Wildman–Crippen MR) is 73.4 cm³/mol. The Morgan fingerprint density at radius 1 is 1.22 bits per heavy atom. The van der Waals surface area contributed by atoms with E-state index in [0.29, 0.717) is 0 Å². The molecule has 4 nitrogen and oxygen atoms in total. The van der Waals surface area contributed by atoms with Gasteiger partial charge in [-0.05, 0) is 24.3 Å². The van der Waals surface area contributed by atoms with E-state index in [1.54, 1.807) is 7.11 Å². The van der Waals surface area contributed by atoms with Crippen molar-refractivity contribution in [3.8, 4) is 5.75 Å². The lowest BCUT2D eigenvalue weighted by atomic mass is 10.1. The molecule has 0 unspecified atom stereocenters. The summed E-state index contributed by atoms with van der Waals surface area (Å²) in [5.41, 5.74) is 2.27. The minimum Gasteiger partial charge on any atom is -0.497 e. The molecule has 0 radical (unpaired) electrons. The zero-order chi connectivity index (χ0) is 12.4. The first-order valence-corrected chi connectivity index (χ1v) is 6.27. The number of benzene rings is 1. The van der Waals surface area contributed by atoms with E-state index in [9.17, 15) is 0 Å². The van der Waals surface area contributed by atoms with Crippen molar-refractivity contribution >= 4 is 16.6 Å². The molecule has 0 bridgehead atoms. The lowest BCUT2D eigenvalue weighted by Crippen LogP contribution is -2.43. The van der Waals surface area contributed by atoms with Gasteiger partial charge >= 0.3 is 0 Å². The Morgan fingerprint density at radius 2 is 2.06 bits per heavy atom. The smallest absolute Gasteiger partial charge is 0.119 e. The summed E-state index contributed by atoms with van der Waals surface area (Å²) < 4.78 is 5.31. The summed E-state index contributed by atoms with van der Waals surface area (Å²) in [5.74, 6) is 0.881. The summed E-state index contributed by atoms with van der Waals surface area (Å²) in [6, 6.07) is 8.13. The summed E-state index contributed by atoms with van der Waals surface area (Å²) >= 11 is 0. The van der Waals surface area contributed by atoms with Crippen LogP contribution in [-0.4, -0.2) is 38.3 Å². The van der Waals surface area contributed by atoms with E-state index in [-0.39, 0.29) is 0 Å². The molecule has 1 fully saturated rings. The Bertz CT molecular complexity index is 550. The van der Waals surface area contributed by atoms with Gasteiger partial charge < -0.3 is 15.0 Å². The third-order valence-corrected chi connectivity index (χ3v) is 3.38. The SMILES string of the molecule is COc1ccc2nccc(N3CCNCC3)c2c1. The molecule has 94 valence electrons. The van der Waals surface area contributed by atoms with Crippen LogP contribution < -0.4 is 15.0 Å². The van der Waals surface area contributed by atoms with Crippen molar-refractivity contribution in [1.82, 2.24) is 10.3 Å². The Labute approximate surface area is 107 Å². The van der Waals surface area contributed by atoms with Crippen LogP contribution in [0.25, 0.3) is 10.9 Å². The van der Waals surface area contributed by atoms with Crippen LogP contribution in [0, 0.1) is 0 Å². The maximum atomic E-state index is 5.31. The van der Waals surface area contributed by atoms with E-state index in [1.807, 2.05) is 18.3 Å². The van der Waals surface area contributed by atoms with Gasteiger partial charge in [0.1, 0.15) is 5.75 Å². The molecule has 0 spiro atoms. The second-order valence-electron chi connectivity index (χ2n) is 4.45. The third kappa shape index (κ3) is 1.99. The van der Waals surface area contributed by atoms with Crippen LogP contribution in [0.5, 0.6) is 5.75 Å². The zero-order valence-corrected chi connectivity index (χ0v) is 10.5. The summed E-state index contributed by atoms with van der Waals surface area (Å²) in [4.78, 5) is 6.82. The van der Waals surface area contributed by atoms with Crippen molar-refractivity contribution in [2.24, 2.45) is 0 Å². The molecule has 2 aromatic rings. The van der Waals surface area contributed by atoms with E-state index in [0.717, 1.165) is 37.4 Å². The summed E-state index contributed by atoms with van der Waals surface area (Å²) in [5, 5.41) is 4.54. The molecule has 1 aliphatic heterocycles. The maximum Gasteiger partial charge on any atom is 0.119 e. The van der Waals surface area contributed by atoms with Crippen LogP contribution >= 0.6 is 0 Å². The van der Waals surface area contributed by atoms with Gasteiger partial charge in [0.25, 0.3) is 0 Å². The number of anilines is 1. The first-order chi connectivity index (χ1) is 8.88. The van der Waals surface area contributed by atoms with Crippen LogP contribution in [0.2, 0.25) is 0 Å². The van der Waals surface area contributed by atoms with Crippen LogP contribution in [0.3, 0.4) is 0 Å². The van der Waals surface area contributed by atoms with Crippen molar-refractivity contribution in [1.29, 1.82) is 0 Å². The summed E-state index contributed by atoms with van der Waals surface area (Å²) in [6.07, 6.45) is 1.88. The van der Waals surface area contributed by atoms with Gasteiger partial charge in [-0.25, -0.2) is 0 Å². The topological polar surface area (TPSA) is 37.4 Å². The normalized spacial score (nSPS) is 15.9. The van der Waals surface area contributed by atoms with Crippen LogP contribution in [-0.2, 0) is 0 Å². The lowest BCUT2D eigenvalue weighted by Gasteiger charge is -2.30. The fourth-order valence-corrected chi connectivity index (χ4v) is 2.42. The number of methoxy groups -OCH3 is 1. The Kier molecular flexibility index (Phi) is 3.02. The number of fused-ring (bicyclic) bond motifs is 1. The van der Waals surface area contributed by atoms with Gasteiger partial charge in [0.2, 0.25) is 0 Å².